The van der Waals surface area contributed by atoms with Crippen molar-refractivity contribution in [3.05, 3.63) is 83.7 Å². The van der Waals surface area contributed by atoms with Gasteiger partial charge in [-0.1, -0.05) is 35.6 Å². The van der Waals surface area contributed by atoms with Gasteiger partial charge in [0.15, 0.2) is 5.13 Å². The van der Waals surface area contributed by atoms with Crippen LogP contribution in [0.25, 0.3) is 10.2 Å². The Kier molecular flexibility index (Phi) is 5.92. The minimum Gasteiger partial charge on any atom is -0.282 e. The monoisotopic (exact) mass is 419 g/mol. The Morgan fingerprint density at radius 2 is 1.93 bits per heavy atom. The summed E-state index contributed by atoms with van der Waals surface area (Å²) in [6.07, 6.45) is 4.13. The van der Waals surface area contributed by atoms with Crippen molar-refractivity contribution in [1.29, 1.82) is 0 Å². The number of aromatic nitrogens is 2. The third-order valence-electron chi connectivity index (χ3n) is 4.63. The largest absolute Gasteiger partial charge is 0.282 e. The van der Waals surface area contributed by atoms with Crippen LogP contribution in [-0.2, 0) is 17.8 Å². The Morgan fingerprint density at radius 1 is 1.10 bits per heavy atom. The fourth-order valence-corrected chi connectivity index (χ4v) is 4.55. The highest BCUT2D eigenvalue weighted by Crippen LogP contribution is 2.31. The van der Waals surface area contributed by atoms with Crippen LogP contribution in [0.5, 0.6) is 0 Å². The molecule has 0 atom stereocenters. The number of carbonyl (C=O) groups excluding carboxylic acids is 1. The standard InChI is InChI=1S/C23H21N3OS2/c1-16-6-11-20-21(13-16)29-23(25-20)26(15-18-5-3-4-12-24-18)22(27)14-17-7-9-19(28-2)10-8-17/h3-13H,14-15H2,1-2H3. The Morgan fingerprint density at radius 3 is 2.66 bits per heavy atom. The number of thiazole rings is 1. The van der Waals surface area contributed by atoms with Crippen molar-refractivity contribution in [2.75, 3.05) is 11.2 Å². The summed E-state index contributed by atoms with van der Waals surface area (Å²) in [6, 6.07) is 20.1. The van der Waals surface area contributed by atoms with Crippen LogP contribution in [0, 0.1) is 6.92 Å². The molecule has 4 nitrogen and oxygen atoms in total. The van der Waals surface area contributed by atoms with E-state index in [4.69, 9.17) is 4.98 Å². The van der Waals surface area contributed by atoms with Gasteiger partial charge in [-0.05, 0) is 60.7 Å². The Labute approximate surface area is 178 Å². The minimum absolute atomic E-state index is 0.0170. The van der Waals surface area contributed by atoms with Crippen LogP contribution in [0.1, 0.15) is 16.8 Å². The Hall–Kier alpha value is -2.70. The highest BCUT2D eigenvalue weighted by molar-refractivity contribution is 7.98. The van der Waals surface area contributed by atoms with Crippen LogP contribution in [0.15, 0.2) is 71.8 Å². The summed E-state index contributed by atoms with van der Waals surface area (Å²) in [5.74, 6) is 0.0170. The van der Waals surface area contributed by atoms with Crippen molar-refractivity contribution in [1.82, 2.24) is 9.97 Å². The molecule has 2 aromatic carbocycles. The molecule has 2 aromatic heterocycles. The molecule has 0 aliphatic heterocycles. The van der Waals surface area contributed by atoms with Crippen LogP contribution >= 0.6 is 23.1 Å². The van der Waals surface area contributed by atoms with Gasteiger partial charge in [0.2, 0.25) is 5.91 Å². The van der Waals surface area contributed by atoms with Crippen molar-refractivity contribution >= 4 is 44.4 Å². The van der Waals surface area contributed by atoms with Crippen molar-refractivity contribution < 1.29 is 4.79 Å². The lowest BCUT2D eigenvalue weighted by Crippen LogP contribution is -2.32. The molecule has 0 saturated heterocycles. The van der Waals surface area contributed by atoms with Gasteiger partial charge in [0, 0.05) is 11.1 Å². The van der Waals surface area contributed by atoms with Crippen LogP contribution in [0.2, 0.25) is 0 Å². The summed E-state index contributed by atoms with van der Waals surface area (Å²) in [5.41, 5.74) is 3.94. The van der Waals surface area contributed by atoms with Gasteiger partial charge in [-0.25, -0.2) is 4.98 Å². The van der Waals surface area contributed by atoms with E-state index >= 15 is 0 Å². The number of anilines is 1. The number of hydrogen-bond acceptors (Lipinski definition) is 5. The van der Waals surface area contributed by atoms with Crippen LogP contribution in [0.4, 0.5) is 5.13 Å². The zero-order chi connectivity index (χ0) is 20.2. The maximum absolute atomic E-state index is 13.3. The third-order valence-corrected chi connectivity index (χ3v) is 6.41. The lowest BCUT2D eigenvalue weighted by Gasteiger charge is -2.19. The molecule has 29 heavy (non-hydrogen) atoms. The average molecular weight is 420 g/mol. The smallest absolute Gasteiger partial charge is 0.233 e. The van der Waals surface area contributed by atoms with E-state index in [9.17, 15) is 4.79 Å². The van der Waals surface area contributed by atoms with Gasteiger partial charge >= 0.3 is 0 Å². The molecule has 0 spiro atoms. The number of fused-ring (bicyclic) bond motifs is 1. The van der Waals surface area contributed by atoms with Crippen molar-refractivity contribution in [3.8, 4) is 0 Å². The fourth-order valence-electron chi connectivity index (χ4n) is 3.06. The molecule has 0 bridgehead atoms. The molecule has 0 aliphatic rings. The molecular weight excluding hydrogens is 398 g/mol. The highest BCUT2D eigenvalue weighted by atomic mass is 32.2. The van der Waals surface area contributed by atoms with Crippen molar-refractivity contribution in [2.24, 2.45) is 0 Å². The second-order valence-electron chi connectivity index (χ2n) is 6.79. The van der Waals surface area contributed by atoms with Gasteiger partial charge < -0.3 is 0 Å². The van der Waals surface area contributed by atoms with E-state index in [0.717, 1.165) is 21.5 Å². The summed E-state index contributed by atoms with van der Waals surface area (Å²) >= 11 is 3.24. The maximum Gasteiger partial charge on any atom is 0.233 e. The molecular formula is C23H21N3OS2. The zero-order valence-corrected chi connectivity index (χ0v) is 18.0. The highest BCUT2D eigenvalue weighted by Gasteiger charge is 2.21. The normalized spacial score (nSPS) is 11.0. The number of nitrogens with zero attached hydrogens (tertiary/aromatic N) is 3. The fraction of sp³-hybridized carbons (Fsp3) is 0.174. The van der Waals surface area contributed by atoms with E-state index in [1.807, 2.05) is 48.7 Å². The SMILES string of the molecule is CSc1ccc(CC(=O)N(Cc2ccccn2)c2nc3ccc(C)cc3s2)cc1. The van der Waals surface area contributed by atoms with Crippen molar-refractivity contribution in [2.45, 2.75) is 24.8 Å². The Balaban J connectivity index is 1.65. The summed E-state index contributed by atoms with van der Waals surface area (Å²) in [7, 11) is 0. The molecule has 4 rings (SSSR count). The molecule has 0 saturated carbocycles. The number of carbonyl (C=O) groups is 1. The molecule has 146 valence electrons. The second kappa shape index (κ2) is 8.76. The van der Waals surface area contributed by atoms with Gasteiger partial charge in [0.05, 0.1) is 28.9 Å². The molecule has 1 amide bonds. The first-order chi connectivity index (χ1) is 14.1. The van der Waals surface area contributed by atoms with Gasteiger partial charge in [-0.2, -0.15) is 0 Å². The quantitative estimate of drug-likeness (QED) is 0.387. The number of amides is 1. The summed E-state index contributed by atoms with van der Waals surface area (Å²) < 4.78 is 1.09. The number of rotatable bonds is 6. The molecule has 0 unspecified atom stereocenters. The van der Waals surface area contributed by atoms with Gasteiger partial charge in [0.1, 0.15) is 0 Å². The van der Waals surface area contributed by atoms with Gasteiger partial charge in [-0.15, -0.1) is 11.8 Å². The molecule has 0 radical (unpaired) electrons. The predicted octanol–water partition coefficient (Wildman–Crippen LogP) is 5.50. The van der Waals surface area contributed by atoms with E-state index in [-0.39, 0.29) is 5.91 Å². The van der Waals surface area contributed by atoms with E-state index in [1.54, 1.807) is 34.2 Å². The number of pyridine rings is 1. The van der Waals surface area contributed by atoms with Crippen LogP contribution in [0.3, 0.4) is 0 Å². The van der Waals surface area contributed by atoms with Crippen molar-refractivity contribution in [3.63, 3.8) is 0 Å². The van der Waals surface area contributed by atoms with Crippen LogP contribution < -0.4 is 4.90 Å². The number of benzene rings is 2. The first-order valence-corrected chi connectivity index (χ1v) is 11.4. The number of aryl methyl sites for hydroxylation is 1. The lowest BCUT2D eigenvalue weighted by molar-refractivity contribution is -0.118. The molecule has 2 heterocycles. The zero-order valence-electron chi connectivity index (χ0n) is 16.3. The molecule has 0 N–H and O–H groups in total. The number of hydrogen-bond donors (Lipinski definition) is 0. The second-order valence-corrected chi connectivity index (χ2v) is 8.68. The maximum atomic E-state index is 13.3. The summed E-state index contributed by atoms with van der Waals surface area (Å²) in [5, 5.41) is 0.710. The molecule has 6 heteroatoms. The Bertz CT molecular complexity index is 1120. The van der Waals surface area contributed by atoms with Gasteiger partial charge in [0.25, 0.3) is 0 Å². The molecule has 0 fully saturated rings. The lowest BCUT2D eigenvalue weighted by atomic mass is 10.1. The topological polar surface area (TPSA) is 46.1 Å². The van der Waals surface area contributed by atoms with E-state index in [2.05, 4.69) is 30.1 Å². The van der Waals surface area contributed by atoms with E-state index in [0.29, 0.717) is 18.1 Å². The predicted molar refractivity (Wildman–Crippen MR) is 122 cm³/mol. The summed E-state index contributed by atoms with van der Waals surface area (Å²) in [4.78, 5) is 25.4. The van der Waals surface area contributed by atoms with E-state index < -0.39 is 0 Å². The molecule has 4 aromatic rings. The minimum atomic E-state index is 0.0170. The summed E-state index contributed by atoms with van der Waals surface area (Å²) in [6.45, 7) is 2.47. The first kappa shape index (κ1) is 19.6. The first-order valence-electron chi connectivity index (χ1n) is 9.33. The average Bonchev–Trinajstić information content (AvgIpc) is 3.16. The van der Waals surface area contributed by atoms with E-state index in [1.165, 1.54) is 10.5 Å². The van der Waals surface area contributed by atoms with Gasteiger partial charge in [-0.3, -0.25) is 14.7 Å². The third kappa shape index (κ3) is 4.66. The molecule has 0 aliphatic carbocycles. The van der Waals surface area contributed by atoms with Crippen LogP contribution in [-0.4, -0.2) is 22.1 Å². The number of thioether (sulfide) groups is 1.